The number of aliphatic hydroxyl groups is 1. The molecule has 106 valence electrons. The summed E-state index contributed by atoms with van der Waals surface area (Å²) in [5.41, 5.74) is 0.531. The summed E-state index contributed by atoms with van der Waals surface area (Å²) >= 11 is 0. The van der Waals surface area contributed by atoms with Crippen molar-refractivity contribution in [2.75, 3.05) is 13.7 Å². The summed E-state index contributed by atoms with van der Waals surface area (Å²) in [4.78, 5) is 3.86. The molecule has 0 bridgehead atoms. The third-order valence-corrected chi connectivity index (χ3v) is 1.51. The fraction of sp³-hybridized carbons (Fsp3) is 0.364. The van der Waals surface area contributed by atoms with Crippen LogP contribution in [-0.2, 0) is 32.0 Å². The Morgan fingerprint density at radius 1 is 1.28 bits per heavy atom. The Labute approximate surface area is 121 Å². The minimum atomic E-state index is -0.713. The smallest absolute Gasteiger partial charge is 0.0319 e. The van der Waals surface area contributed by atoms with Gasteiger partial charge in [0.1, 0.15) is 0 Å². The summed E-state index contributed by atoms with van der Waals surface area (Å²) in [6, 6.07) is 6.60. The molecule has 0 heterocycles. The first-order valence-electron chi connectivity index (χ1n) is 4.56. The second-order valence-electron chi connectivity index (χ2n) is 2.84. The van der Waals surface area contributed by atoms with E-state index in [1.54, 1.807) is 25.1 Å². The normalized spacial score (nSPS) is 10.0. The van der Waals surface area contributed by atoms with Crippen molar-refractivity contribution in [3.05, 3.63) is 29.8 Å². The van der Waals surface area contributed by atoms with Gasteiger partial charge in [-0.3, -0.25) is 4.99 Å². The van der Waals surface area contributed by atoms with Gasteiger partial charge < -0.3 is 26.3 Å². The van der Waals surface area contributed by atoms with E-state index in [-0.39, 0.29) is 44.3 Å². The molecule has 0 spiro atoms. The molecule has 1 atom stereocenters. The van der Waals surface area contributed by atoms with Crippen molar-refractivity contribution in [3.63, 3.8) is 0 Å². The molecule has 0 aliphatic rings. The Morgan fingerprint density at radius 2 is 1.78 bits per heavy atom. The molecule has 6 nitrogen and oxygen atoms in total. The molecular weight excluding hydrogens is 322 g/mol. The Bertz CT molecular complexity index is 307. The van der Waals surface area contributed by atoms with Gasteiger partial charge in [-0.05, 0) is 5.56 Å². The molecule has 0 aromatic heterocycles. The zero-order valence-corrected chi connectivity index (χ0v) is 12.1. The number of nitrogens with zero attached hydrogens (tertiary/aromatic N) is 1. The second kappa shape index (κ2) is 16.2. The maximum atomic E-state index is 11.1. The molecule has 7 heteroatoms. The monoisotopic (exact) mass is 339 g/mol. The van der Waals surface area contributed by atoms with Gasteiger partial charge in [0.2, 0.25) is 0 Å². The van der Waals surface area contributed by atoms with E-state index in [2.05, 4.69) is 4.99 Å². The number of benzene rings is 1. The van der Waals surface area contributed by atoms with Crippen molar-refractivity contribution < 1.29 is 47.3 Å². The quantitative estimate of drug-likeness (QED) is 0.576. The first-order chi connectivity index (χ1) is 7.20. The number of aliphatic imine (C=N–C) groups is 1. The molecule has 18 heavy (non-hydrogen) atoms. The van der Waals surface area contributed by atoms with Gasteiger partial charge in [-0.2, -0.15) is 0 Å². The SMILES string of the molecule is CC([O-])CN=Cc1ccccc1[O-].CO.[Mo].[O-2].[O-2]. The number of rotatable bonds is 3. The molecule has 0 radical (unpaired) electrons. The van der Waals surface area contributed by atoms with Crippen LogP contribution in [0, 0.1) is 0 Å². The fourth-order valence-electron chi connectivity index (χ4n) is 0.887. The van der Waals surface area contributed by atoms with Crippen LogP contribution in [0.2, 0.25) is 0 Å². The molecule has 0 aliphatic heterocycles. The maximum Gasteiger partial charge on any atom is 0.0319 e. The van der Waals surface area contributed by atoms with Crippen molar-refractivity contribution >= 4 is 6.21 Å². The van der Waals surface area contributed by atoms with Crippen molar-refractivity contribution in [1.82, 2.24) is 0 Å². The molecule has 0 amide bonds. The van der Waals surface area contributed by atoms with Gasteiger partial charge in [-0.1, -0.05) is 31.2 Å². The van der Waals surface area contributed by atoms with E-state index in [1.807, 2.05) is 0 Å². The molecule has 1 unspecified atom stereocenters. The standard InChI is InChI=1S/C10H12NO2.CH4O.Mo.2O/c1-8(12)6-11-7-9-4-2-3-5-10(9)13;1-2;;;/h2-5,7-8,13H,6H2,1H3;2H,1H3;;;/q-1;;;2*-2/p-1. The van der Waals surface area contributed by atoms with E-state index in [1.165, 1.54) is 12.3 Å². The van der Waals surface area contributed by atoms with Crippen LogP contribution in [0.3, 0.4) is 0 Å². The number of hydrogen-bond donors (Lipinski definition) is 1. The van der Waals surface area contributed by atoms with Crippen molar-refractivity contribution in [1.29, 1.82) is 0 Å². The molecule has 0 saturated carbocycles. The Kier molecular flexibility index (Phi) is 23.4. The van der Waals surface area contributed by atoms with Crippen LogP contribution in [0.1, 0.15) is 12.5 Å². The number of para-hydroxylation sites is 1. The Balaban J connectivity index is -0.000000186. The van der Waals surface area contributed by atoms with Crippen LogP contribution in [0.5, 0.6) is 5.75 Å². The minimum absolute atomic E-state index is 0. The van der Waals surface area contributed by atoms with Crippen LogP contribution in [-0.4, -0.2) is 31.1 Å². The first-order valence-corrected chi connectivity index (χ1v) is 4.56. The largest absolute Gasteiger partial charge is 2.00 e. The molecule has 1 rings (SSSR count). The molecule has 0 saturated heterocycles. The van der Waals surface area contributed by atoms with Crippen molar-refractivity contribution in [2.45, 2.75) is 13.0 Å². The summed E-state index contributed by atoms with van der Waals surface area (Å²) in [6.07, 6.45) is 0.742. The Morgan fingerprint density at radius 3 is 2.22 bits per heavy atom. The van der Waals surface area contributed by atoms with Crippen LogP contribution >= 0.6 is 0 Å². The molecule has 1 aromatic carbocycles. The number of hydrogen-bond acceptors (Lipinski definition) is 4. The average molecular weight is 337 g/mol. The van der Waals surface area contributed by atoms with E-state index in [9.17, 15) is 10.2 Å². The van der Waals surface area contributed by atoms with Gasteiger partial charge in [-0.15, -0.1) is 11.9 Å². The summed E-state index contributed by atoms with van der Waals surface area (Å²) < 4.78 is 0. The summed E-state index contributed by atoms with van der Waals surface area (Å²) in [5, 5.41) is 28.7. The van der Waals surface area contributed by atoms with Crippen LogP contribution in [0.25, 0.3) is 0 Å². The minimum Gasteiger partial charge on any atom is -2.00 e. The molecule has 0 fully saturated rings. The van der Waals surface area contributed by atoms with Gasteiger partial charge in [0, 0.05) is 40.9 Å². The van der Waals surface area contributed by atoms with Gasteiger partial charge in [0.15, 0.2) is 0 Å². The summed E-state index contributed by atoms with van der Waals surface area (Å²) in [5.74, 6) is -0.0650. The zero-order chi connectivity index (χ0) is 11.7. The predicted molar refractivity (Wildman–Crippen MR) is 57.3 cm³/mol. The third kappa shape index (κ3) is 11.7. The van der Waals surface area contributed by atoms with E-state index in [4.69, 9.17) is 5.11 Å². The van der Waals surface area contributed by atoms with Gasteiger partial charge >= 0.3 is 0 Å². The van der Waals surface area contributed by atoms with E-state index < -0.39 is 6.10 Å². The Hall–Kier alpha value is -0.782. The molecule has 1 aromatic rings. The van der Waals surface area contributed by atoms with Crippen LogP contribution < -0.4 is 10.2 Å². The fourth-order valence-corrected chi connectivity index (χ4v) is 0.887. The first kappa shape index (κ1) is 25.9. The predicted octanol–water partition coefficient (Wildman–Crippen LogP) is -0.704. The van der Waals surface area contributed by atoms with E-state index in [0.29, 0.717) is 5.56 Å². The maximum absolute atomic E-state index is 11.1. The van der Waals surface area contributed by atoms with Crippen molar-refractivity contribution in [2.24, 2.45) is 4.99 Å². The third-order valence-electron chi connectivity index (χ3n) is 1.51. The molecular formula is C11H15MoNO5-6. The van der Waals surface area contributed by atoms with Gasteiger partial charge in [-0.25, -0.2) is 0 Å². The van der Waals surface area contributed by atoms with Crippen molar-refractivity contribution in [3.8, 4) is 5.75 Å². The molecule has 1 N–H and O–H groups in total. The van der Waals surface area contributed by atoms with Gasteiger partial charge in [0.25, 0.3) is 0 Å². The van der Waals surface area contributed by atoms with Gasteiger partial charge in [0.05, 0.1) is 0 Å². The second-order valence-corrected chi connectivity index (χ2v) is 2.84. The topological polar surface area (TPSA) is 136 Å². The van der Waals surface area contributed by atoms with E-state index >= 15 is 0 Å². The summed E-state index contributed by atoms with van der Waals surface area (Å²) in [7, 11) is 1.00. The summed E-state index contributed by atoms with van der Waals surface area (Å²) in [6.45, 7) is 1.76. The van der Waals surface area contributed by atoms with E-state index in [0.717, 1.165) is 7.11 Å². The average Bonchev–Trinajstić information content (AvgIpc) is 2.23. The zero-order valence-electron chi connectivity index (χ0n) is 10.1. The number of aliphatic hydroxyl groups excluding tert-OH is 1. The van der Waals surface area contributed by atoms with Crippen LogP contribution in [0.15, 0.2) is 29.3 Å². The molecule has 0 aliphatic carbocycles. The van der Waals surface area contributed by atoms with Crippen LogP contribution in [0.4, 0.5) is 0 Å².